The van der Waals surface area contributed by atoms with Gasteiger partial charge in [-0.25, -0.2) is 0 Å². The highest BCUT2D eigenvalue weighted by Crippen LogP contribution is 2.25. The van der Waals surface area contributed by atoms with Crippen LogP contribution in [0.15, 0.2) is 24.3 Å². The monoisotopic (exact) mass is 357 g/mol. The molecular formula is C23H39N3. The minimum atomic E-state index is 0.660. The molecule has 26 heavy (non-hydrogen) atoms. The fourth-order valence-corrected chi connectivity index (χ4v) is 4.47. The van der Waals surface area contributed by atoms with Crippen molar-refractivity contribution in [1.82, 2.24) is 9.80 Å². The molecule has 146 valence electrons. The van der Waals surface area contributed by atoms with E-state index in [0.29, 0.717) is 12.0 Å². The van der Waals surface area contributed by atoms with Gasteiger partial charge in [0.1, 0.15) is 0 Å². The summed E-state index contributed by atoms with van der Waals surface area (Å²) in [6.45, 7) is 18.0. The van der Waals surface area contributed by atoms with E-state index in [-0.39, 0.29) is 0 Å². The van der Waals surface area contributed by atoms with Crippen LogP contribution in [0.2, 0.25) is 0 Å². The Kier molecular flexibility index (Phi) is 6.99. The van der Waals surface area contributed by atoms with Crippen LogP contribution >= 0.6 is 0 Å². The smallest absolute Gasteiger partial charge is 0.0369 e. The summed E-state index contributed by atoms with van der Waals surface area (Å²) in [6, 6.07) is 9.96. The molecule has 3 rings (SSSR count). The van der Waals surface area contributed by atoms with E-state index in [0.717, 1.165) is 5.92 Å². The minimum absolute atomic E-state index is 0.660. The number of hydrogen-bond donors (Lipinski definition) is 0. The van der Waals surface area contributed by atoms with Crippen molar-refractivity contribution < 1.29 is 0 Å². The summed E-state index contributed by atoms with van der Waals surface area (Å²) < 4.78 is 0. The van der Waals surface area contributed by atoms with Crippen molar-refractivity contribution in [2.75, 3.05) is 50.7 Å². The molecule has 0 saturated carbocycles. The molecule has 1 unspecified atom stereocenters. The molecule has 3 nitrogen and oxygen atoms in total. The van der Waals surface area contributed by atoms with Crippen LogP contribution in [0.25, 0.3) is 0 Å². The third kappa shape index (κ3) is 5.01. The van der Waals surface area contributed by atoms with E-state index in [9.17, 15) is 0 Å². The first-order chi connectivity index (χ1) is 12.6. The fraction of sp³-hybridized carbons (Fsp3) is 0.739. The second-order valence-electron chi connectivity index (χ2n) is 8.77. The average molecular weight is 358 g/mol. The summed E-state index contributed by atoms with van der Waals surface area (Å²) in [5.74, 6) is 1.57. The Balaban J connectivity index is 1.46. The van der Waals surface area contributed by atoms with Crippen LogP contribution < -0.4 is 4.90 Å². The molecule has 2 aliphatic rings. The number of benzene rings is 1. The van der Waals surface area contributed by atoms with Crippen molar-refractivity contribution in [3.63, 3.8) is 0 Å². The van der Waals surface area contributed by atoms with Gasteiger partial charge in [-0.1, -0.05) is 26.0 Å². The zero-order chi connectivity index (χ0) is 18.5. The van der Waals surface area contributed by atoms with Crippen molar-refractivity contribution in [2.45, 2.75) is 58.9 Å². The predicted molar refractivity (Wildman–Crippen MR) is 113 cm³/mol. The molecule has 0 aliphatic carbocycles. The van der Waals surface area contributed by atoms with Gasteiger partial charge in [0.05, 0.1) is 0 Å². The number of anilines is 1. The zero-order valence-electron chi connectivity index (χ0n) is 17.5. The Bertz CT molecular complexity index is 540. The Morgan fingerprint density at radius 2 is 1.65 bits per heavy atom. The molecule has 0 bridgehead atoms. The van der Waals surface area contributed by atoms with Crippen LogP contribution in [-0.2, 0) is 0 Å². The molecule has 2 fully saturated rings. The molecule has 3 heteroatoms. The average Bonchev–Trinajstić information content (AvgIpc) is 2.68. The fourth-order valence-electron chi connectivity index (χ4n) is 4.47. The van der Waals surface area contributed by atoms with Gasteiger partial charge in [-0.2, -0.15) is 0 Å². The predicted octanol–water partition coefficient (Wildman–Crippen LogP) is 4.44. The maximum absolute atomic E-state index is 2.71. The number of piperidine rings is 1. The molecule has 1 aromatic rings. The van der Waals surface area contributed by atoms with Gasteiger partial charge >= 0.3 is 0 Å². The van der Waals surface area contributed by atoms with Gasteiger partial charge in [0.15, 0.2) is 0 Å². The van der Waals surface area contributed by atoms with Crippen LogP contribution in [0.3, 0.4) is 0 Å². The van der Waals surface area contributed by atoms with Crippen molar-refractivity contribution in [2.24, 2.45) is 5.92 Å². The number of hydrogen-bond acceptors (Lipinski definition) is 3. The standard InChI is InChI=1S/C23H39N3/c1-5-20(4)22-7-6-8-23(17-22)26-15-13-24(14-16-26)18-21-9-11-25(12-10-21)19(2)3/h6-8,17,19-21H,5,9-16,18H2,1-4H3. The van der Waals surface area contributed by atoms with Crippen LogP contribution in [0.5, 0.6) is 0 Å². The van der Waals surface area contributed by atoms with Crippen LogP contribution in [-0.4, -0.2) is 61.7 Å². The first-order valence-electron chi connectivity index (χ1n) is 10.9. The first kappa shape index (κ1) is 19.7. The maximum atomic E-state index is 2.71. The van der Waals surface area contributed by atoms with Gasteiger partial charge in [-0.05, 0) is 75.7 Å². The highest BCUT2D eigenvalue weighted by molar-refractivity contribution is 5.49. The normalized spacial score (nSPS) is 22.1. The van der Waals surface area contributed by atoms with E-state index >= 15 is 0 Å². The van der Waals surface area contributed by atoms with Crippen LogP contribution in [0.1, 0.15) is 58.4 Å². The van der Waals surface area contributed by atoms with Gasteiger partial charge in [0, 0.05) is 44.5 Å². The Hall–Kier alpha value is -1.06. The minimum Gasteiger partial charge on any atom is -0.369 e. The molecule has 2 saturated heterocycles. The number of piperazine rings is 1. The van der Waals surface area contributed by atoms with Gasteiger partial charge in [0.2, 0.25) is 0 Å². The topological polar surface area (TPSA) is 9.72 Å². The number of nitrogens with zero attached hydrogens (tertiary/aromatic N) is 3. The van der Waals surface area contributed by atoms with Crippen LogP contribution in [0, 0.1) is 5.92 Å². The lowest BCUT2D eigenvalue weighted by Crippen LogP contribution is -2.49. The Morgan fingerprint density at radius 1 is 0.962 bits per heavy atom. The summed E-state index contributed by atoms with van der Waals surface area (Å²) in [6.07, 6.45) is 3.98. The molecule has 0 aromatic heterocycles. The molecule has 2 aliphatic heterocycles. The Labute approximate surface area is 161 Å². The van der Waals surface area contributed by atoms with Crippen molar-refractivity contribution >= 4 is 5.69 Å². The number of rotatable bonds is 6. The van der Waals surface area contributed by atoms with E-state index in [1.165, 1.54) is 76.3 Å². The molecule has 1 aromatic carbocycles. The van der Waals surface area contributed by atoms with Crippen LogP contribution in [0.4, 0.5) is 5.69 Å². The third-order valence-electron chi connectivity index (χ3n) is 6.68. The summed E-state index contributed by atoms with van der Waals surface area (Å²) in [5.41, 5.74) is 2.91. The van der Waals surface area contributed by atoms with Gasteiger partial charge in [-0.15, -0.1) is 0 Å². The van der Waals surface area contributed by atoms with E-state index in [2.05, 4.69) is 66.7 Å². The second kappa shape index (κ2) is 9.23. The molecule has 2 heterocycles. The van der Waals surface area contributed by atoms with E-state index in [4.69, 9.17) is 0 Å². The van der Waals surface area contributed by atoms with E-state index in [1.54, 1.807) is 0 Å². The SMILES string of the molecule is CCC(C)c1cccc(N2CCN(CC3CCN(C(C)C)CC3)CC2)c1. The lowest BCUT2D eigenvalue weighted by molar-refractivity contribution is 0.119. The Morgan fingerprint density at radius 3 is 2.27 bits per heavy atom. The van der Waals surface area contributed by atoms with E-state index < -0.39 is 0 Å². The quantitative estimate of drug-likeness (QED) is 0.745. The van der Waals surface area contributed by atoms with Crippen molar-refractivity contribution in [3.8, 4) is 0 Å². The molecule has 0 N–H and O–H groups in total. The third-order valence-corrected chi connectivity index (χ3v) is 6.68. The molecule has 0 spiro atoms. The lowest BCUT2D eigenvalue weighted by atomic mass is 9.95. The summed E-state index contributed by atoms with van der Waals surface area (Å²) in [5, 5.41) is 0. The largest absolute Gasteiger partial charge is 0.369 e. The van der Waals surface area contributed by atoms with E-state index in [1.807, 2.05) is 0 Å². The molecule has 0 radical (unpaired) electrons. The zero-order valence-corrected chi connectivity index (χ0v) is 17.5. The lowest BCUT2D eigenvalue weighted by Gasteiger charge is -2.40. The van der Waals surface area contributed by atoms with Gasteiger partial charge < -0.3 is 9.80 Å². The highest BCUT2D eigenvalue weighted by Gasteiger charge is 2.24. The van der Waals surface area contributed by atoms with Gasteiger partial charge in [0.25, 0.3) is 0 Å². The molecule has 0 amide bonds. The summed E-state index contributed by atoms with van der Waals surface area (Å²) in [7, 11) is 0. The van der Waals surface area contributed by atoms with Crippen molar-refractivity contribution in [3.05, 3.63) is 29.8 Å². The first-order valence-corrected chi connectivity index (χ1v) is 10.9. The highest BCUT2D eigenvalue weighted by atomic mass is 15.3. The summed E-state index contributed by atoms with van der Waals surface area (Å²) in [4.78, 5) is 7.94. The molecule has 1 atom stereocenters. The maximum Gasteiger partial charge on any atom is 0.0369 e. The van der Waals surface area contributed by atoms with Gasteiger partial charge in [-0.3, -0.25) is 4.90 Å². The summed E-state index contributed by atoms with van der Waals surface area (Å²) >= 11 is 0. The second-order valence-corrected chi connectivity index (χ2v) is 8.77. The van der Waals surface area contributed by atoms with Crippen molar-refractivity contribution in [1.29, 1.82) is 0 Å². The number of likely N-dealkylation sites (tertiary alicyclic amines) is 1. The molecular weight excluding hydrogens is 318 g/mol.